The van der Waals surface area contributed by atoms with E-state index in [2.05, 4.69) is 5.10 Å². The van der Waals surface area contributed by atoms with Gasteiger partial charge in [-0.25, -0.2) is 8.42 Å². The van der Waals surface area contributed by atoms with Gasteiger partial charge < -0.3 is 0 Å². The molecule has 6 heteroatoms. The van der Waals surface area contributed by atoms with Crippen molar-refractivity contribution in [2.45, 2.75) is 19.9 Å². The predicted molar refractivity (Wildman–Crippen MR) is 56.3 cm³/mol. The highest BCUT2D eigenvalue weighted by Gasteiger charge is 2.12. The molecule has 1 rings (SSSR count). The Kier molecular flexibility index (Phi) is 3.62. The van der Waals surface area contributed by atoms with Crippen molar-refractivity contribution >= 4 is 15.6 Å². The Balaban J connectivity index is 2.59. The second-order valence-corrected chi connectivity index (χ2v) is 5.63. The summed E-state index contributed by atoms with van der Waals surface area (Å²) in [5, 5.41) is 4.00. The molecule has 0 aliphatic rings. The van der Waals surface area contributed by atoms with Gasteiger partial charge in [0.15, 0.2) is 15.6 Å². The van der Waals surface area contributed by atoms with Crippen molar-refractivity contribution in [3.8, 4) is 0 Å². The van der Waals surface area contributed by atoms with E-state index in [1.807, 2.05) is 6.92 Å². The van der Waals surface area contributed by atoms with Crippen LogP contribution in [0, 0.1) is 0 Å². The number of rotatable bonds is 5. The van der Waals surface area contributed by atoms with Gasteiger partial charge in [-0.3, -0.25) is 9.48 Å². The minimum atomic E-state index is -3.22. The standard InChI is InChI=1S/C9H14N2O3S/c1-3-11-6-8(5-10-11)4-9(12)7-15(2,13)14/h5-6H,3-4,7H2,1-2H3. The van der Waals surface area contributed by atoms with Gasteiger partial charge in [-0.05, 0) is 12.5 Å². The average Bonchev–Trinajstić information content (AvgIpc) is 2.48. The Morgan fingerprint density at radius 2 is 2.20 bits per heavy atom. The van der Waals surface area contributed by atoms with E-state index in [4.69, 9.17) is 0 Å². The Hall–Kier alpha value is -1.17. The second-order valence-electron chi connectivity index (χ2n) is 3.49. The van der Waals surface area contributed by atoms with Crippen molar-refractivity contribution in [3.05, 3.63) is 18.0 Å². The molecule has 0 saturated carbocycles. The molecule has 0 fully saturated rings. The lowest BCUT2D eigenvalue weighted by molar-refractivity contribution is -0.116. The van der Waals surface area contributed by atoms with Crippen LogP contribution < -0.4 is 0 Å². The highest BCUT2D eigenvalue weighted by Crippen LogP contribution is 2.00. The third kappa shape index (κ3) is 4.24. The maximum Gasteiger partial charge on any atom is 0.154 e. The first-order valence-corrected chi connectivity index (χ1v) is 6.67. The van der Waals surface area contributed by atoms with Crippen LogP contribution in [0.15, 0.2) is 12.4 Å². The zero-order valence-corrected chi connectivity index (χ0v) is 9.62. The third-order valence-corrected chi connectivity index (χ3v) is 2.68. The molecule has 0 aromatic carbocycles. The Labute approximate surface area is 89.0 Å². The summed E-state index contributed by atoms with van der Waals surface area (Å²) in [4.78, 5) is 11.3. The van der Waals surface area contributed by atoms with Crippen molar-refractivity contribution in [2.24, 2.45) is 0 Å². The molecule has 0 radical (unpaired) electrons. The molecule has 5 nitrogen and oxygen atoms in total. The van der Waals surface area contributed by atoms with E-state index in [0.29, 0.717) is 0 Å². The largest absolute Gasteiger partial charge is 0.298 e. The van der Waals surface area contributed by atoms with Gasteiger partial charge in [0, 0.05) is 25.4 Å². The maximum atomic E-state index is 11.3. The first-order chi connectivity index (χ1) is 6.90. The SMILES string of the molecule is CCn1cc(CC(=O)CS(C)(=O)=O)cn1. The number of nitrogens with zero attached hydrogens (tertiary/aromatic N) is 2. The molecule has 0 N–H and O–H groups in total. The quantitative estimate of drug-likeness (QED) is 0.717. The number of ketones is 1. The zero-order valence-electron chi connectivity index (χ0n) is 8.80. The fourth-order valence-electron chi connectivity index (χ4n) is 1.24. The smallest absolute Gasteiger partial charge is 0.154 e. The second kappa shape index (κ2) is 4.57. The molecule has 0 saturated heterocycles. The molecule has 1 aromatic heterocycles. The number of Topliss-reactive ketones (excluding diaryl/α,β-unsaturated/α-hetero) is 1. The molecule has 0 amide bonds. The van der Waals surface area contributed by atoms with Gasteiger partial charge in [0.25, 0.3) is 0 Å². The van der Waals surface area contributed by atoms with E-state index in [0.717, 1.165) is 18.4 Å². The summed E-state index contributed by atoms with van der Waals surface area (Å²) in [7, 11) is -3.22. The predicted octanol–water partition coefficient (Wildman–Crippen LogP) is 0.0592. The lowest BCUT2D eigenvalue weighted by atomic mass is 10.2. The van der Waals surface area contributed by atoms with Crippen LogP contribution in [0.25, 0.3) is 0 Å². The molecule has 0 unspecified atom stereocenters. The van der Waals surface area contributed by atoms with Crippen LogP contribution in [0.2, 0.25) is 0 Å². The summed E-state index contributed by atoms with van der Waals surface area (Å²) in [6.45, 7) is 2.68. The minimum absolute atomic E-state index is 0.132. The highest BCUT2D eigenvalue weighted by molar-refractivity contribution is 7.91. The lowest BCUT2D eigenvalue weighted by Crippen LogP contribution is -2.16. The zero-order chi connectivity index (χ0) is 11.5. The van der Waals surface area contributed by atoms with Crippen LogP contribution in [0.5, 0.6) is 0 Å². The first-order valence-electron chi connectivity index (χ1n) is 4.61. The van der Waals surface area contributed by atoms with Gasteiger partial charge in [-0.15, -0.1) is 0 Å². The van der Waals surface area contributed by atoms with Gasteiger partial charge in [0.2, 0.25) is 0 Å². The topological polar surface area (TPSA) is 69.0 Å². The van der Waals surface area contributed by atoms with Crippen LogP contribution in [0.1, 0.15) is 12.5 Å². The van der Waals surface area contributed by atoms with Gasteiger partial charge >= 0.3 is 0 Å². The molecule has 15 heavy (non-hydrogen) atoms. The van der Waals surface area contributed by atoms with Crippen LogP contribution in [-0.4, -0.2) is 36.0 Å². The third-order valence-electron chi connectivity index (χ3n) is 1.84. The summed E-state index contributed by atoms with van der Waals surface area (Å²) < 4.78 is 23.4. The number of sulfone groups is 1. The fraction of sp³-hybridized carbons (Fsp3) is 0.556. The van der Waals surface area contributed by atoms with Crippen molar-refractivity contribution in [3.63, 3.8) is 0 Å². The molecule has 84 valence electrons. The molecule has 0 bridgehead atoms. The number of hydrogen-bond donors (Lipinski definition) is 0. The van der Waals surface area contributed by atoms with E-state index in [-0.39, 0.29) is 12.2 Å². The Bertz CT molecular complexity index is 448. The highest BCUT2D eigenvalue weighted by atomic mass is 32.2. The molecular formula is C9H14N2O3S. The summed E-state index contributed by atoms with van der Waals surface area (Å²) >= 11 is 0. The van der Waals surface area contributed by atoms with E-state index >= 15 is 0 Å². The van der Waals surface area contributed by atoms with E-state index in [9.17, 15) is 13.2 Å². The molecule has 0 spiro atoms. The maximum absolute atomic E-state index is 11.3. The summed E-state index contributed by atoms with van der Waals surface area (Å²) in [6.07, 6.45) is 4.53. The first kappa shape index (κ1) is 11.9. The van der Waals surface area contributed by atoms with Crippen LogP contribution in [0.3, 0.4) is 0 Å². The van der Waals surface area contributed by atoms with E-state index in [1.165, 1.54) is 0 Å². The Morgan fingerprint density at radius 3 is 2.67 bits per heavy atom. The van der Waals surface area contributed by atoms with E-state index < -0.39 is 15.6 Å². The monoisotopic (exact) mass is 230 g/mol. The number of hydrogen-bond acceptors (Lipinski definition) is 4. The summed E-state index contributed by atoms with van der Waals surface area (Å²) in [5.41, 5.74) is 0.755. The number of aryl methyl sites for hydroxylation is 1. The van der Waals surface area contributed by atoms with Crippen LogP contribution >= 0.6 is 0 Å². The minimum Gasteiger partial charge on any atom is -0.298 e. The van der Waals surface area contributed by atoms with Crippen LogP contribution in [-0.2, 0) is 27.6 Å². The van der Waals surface area contributed by atoms with Gasteiger partial charge in [0.05, 0.1) is 6.20 Å². The molecule has 1 heterocycles. The normalized spacial score (nSPS) is 11.6. The van der Waals surface area contributed by atoms with Crippen molar-refractivity contribution in [2.75, 3.05) is 12.0 Å². The fourth-order valence-corrected chi connectivity index (χ4v) is 1.93. The molecule has 0 aliphatic carbocycles. The van der Waals surface area contributed by atoms with Crippen molar-refractivity contribution in [1.82, 2.24) is 9.78 Å². The summed E-state index contributed by atoms with van der Waals surface area (Å²) in [5.74, 6) is -0.697. The van der Waals surface area contributed by atoms with E-state index in [1.54, 1.807) is 17.1 Å². The summed E-state index contributed by atoms with van der Waals surface area (Å²) in [6, 6.07) is 0. The van der Waals surface area contributed by atoms with Gasteiger partial charge in [-0.2, -0.15) is 5.10 Å². The number of aromatic nitrogens is 2. The van der Waals surface area contributed by atoms with Crippen molar-refractivity contribution in [1.29, 1.82) is 0 Å². The van der Waals surface area contributed by atoms with Crippen LogP contribution in [0.4, 0.5) is 0 Å². The van der Waals surface area contributed by atoms with Gasteiger partial charge in [0.1, 0.15) is 5.75 Å². The average molecular weight is 230 g/mol. The molecule has 1 aromatic rings. The number of carbonyl (C=O) groups is 1. The lowest BCUT2D eigenvalue weighted by Gasteiger charge is -1.96. The molecule has 0 atom stereocenters. The number of carbonyl (C=O) groups excluding carboxylic acids is 1. The van der Waals surface area contributed by atoms with Crippen molar-refractivity contribution < 1.29 is 13.2 Å². The Morgan fingerprint density at radius 1 is 1.53 bits per heavy atom. The molecule has 0 aliphatic heterocycles. The van der Waals surface area contributed by atoms with Gasteiger partial charge in [-0.1, -0.05) is 0 Å². The molecular weight excluding hydrogens is 216 g/mol.